The Bertz CT molecular complexity index is 1580. The minimum absolute atomic E-state index is 0.205. The normalized spacial score (nSPS) is 10.8. The van der Waals surface area contributed by atoms with E-state index in [4.69, 9.17) is 5.26 Å². The summed E-state index contributed by atoms with van der Waals surface area (Å²) in [6.07, 6.45) is 7.15. The first-order valence-electron chi connectivity index (χ1n) is 12.2. The quantitative estimate of drug-likeness (QED) is 0.213. The lowest BCUT2D eigenvalue weighted by molar-refractivity contribution is 0.0741. The Morgan fingerprint density at radius 3 is 2.59 bits per heavy atom. The molecule has 0 saturated carbocycles. The zero-order chi connectivity index (χ0) is 27.0. The Morgan fingerprint density at radius 2 is 1.87 bits per heavy atom. The van der Waals surface area contributed by atoms with Crippen LogP contribution in [0.1, 0.15) is 33.0 Å². The monoisotopic (exact) mass is 552 g/mol. The summed E-state index contributed by atoms with van der Waals surface area (Å²) in [6.45, 7) is 2.74. The van der Waals surface area contributed by atoms with Gasteiger partial charge in [-0.25, -0.2) is 4.98 Å². The second-order valence-corrected chi connectivity index (χ2v) is 10.5. The lowest BCUT2D eigenvalue weighted by Gasteiger charge is -2.20. The summed E-state index contributed by atoms with van der Waals surface area (Å²) >= 11 is 2.93. The van der Waals surface area contributed by atoms with Gasteiger partial charge in [0.2, 0.25) is 0 Å². The predicted octanol–water partition coefficient (Wildman–Crippen LogP) is 5.34. The fourth-order valence-electron chi connectivity index (χ4n) is 3.89. The molecule has 0 bridgehead atoms. The van der Waals surface area contributed by atoms with Gasteiger partial charge in [0.15, 0.2) is 11.0 Å². The smallest absolute Gasteiger partial charge is 0.273 e. The molecule has 1 aromatic carbocycles. The van der Waals surface area contributed by atoms with Crippen LogP contribution in [0.15, 0.2) is 83.9 Å². The number of benzene rings is 1. The van der Waals surface area contributed by atoms with Crippen LogP contribution in [0.4, 0.5) is 0 Å². The van der Waals surface area contributed by atoms with Crippen molar-refractivity contribution < 1.29 is 4.79 Å². The van der Waals surface area contributed by atoms with E-state index in [2.05, 4.69) is 43.4 Å². The molecular weight excluding hydrogens is 528 g/mol. The Balaban J connectivity index is 1.35. The first kappa shape index (κ1) is 26.2. The van der Waals surface area contributed by atoms with Crippen LogP contribution in [0.5, 0.6) is 0 Å². The molecule has 0 aliphatic rings. The Morgan fingerprint density at radius 1 is 1.08 bits per heavy atom. The molecule has 0 N–H and O–H groups in total. The van der Waals surface area contributed by atoms with Gasteiger partial charge in [0.1, 0.15) is 10.7 Å². The van der Waals surface area contributed by atoms with Crippen molar-refractivity contribution in [3.8, 4) is 23.1 Å². The Labute approximate surface area is 234 Å². The first-order chi connectivity index (χ1) is 19.1. The van der Waals surface area contributed by atoms with Gasteiger partial charge in [-0.15, -0.1) is 21.5 Å². The first-order valence-corrected chi connectivity index (χ1v) is 14.0. The number of hydrogen-bond donors (Lipinski definition) is 0. The molecule has 4 heterocycles. The maximum atomic E-state index is 13.3. The minimum atomic E-state index is -0.205. The molecule has 0 atom stereocenters. The van der Waals surface area contributed by atoms with Crippen LogP contribution in [-0.4, -0.2) is 47.1 Å². The summed E-state index contributed by atoms with van der Waals surface area (Å²) in [5.74, 6) is 1.02. The third-order valence-electron chi connectivity index (χ3n) is 5.82. The number of pyridine rings is 2. The molecule has 0 aliphatic heterocycles. The summed E-state index contributed by atoms with van der Waals surface area (Å²) in [5.41, 5.74) is 4.25. The van der Waals surface area contributed by atoms with Gasteiger partial charge in [-0.05, 0) is 42.8 Å². The number of thioether (sulfide) groups is 1. The molecule has 0 saturated heterocycles. The average molecular weight is 553 g/mol. The lowest BCUT2D eigenvalue weighted by atomic mass is 10.2. The molecule has 0 radical (unpaired) electrons. The zero-order valence-electron chi connectivity index (χ0n) is 21.1. The average Bonchev–Trinajstić information content (AvgIpc) is 3.63. The molecule has 39 heavy (non-hydrogen) atoms. The largest absolute Gasteiger partial charge is 0.332 e. The summed E-state index contributed by atoms with van der Waals surface area (Å²) in [5, 5.41) is 21.3. The standard InChI is InChI=1S/C28H24N8OS2/c1-20-7-9-23(10-8-20)36-26(22-6-3-13-31-16-22)33-34-28(36)39-19-25-32-24(18-38-25)27(37)35(14-4-11-29)17-21-5-2-12-30-15-21/h2-3,5-10,12-13,15-16,18H,4,14,17,19H2,1H3. The van der Waals surface area contributed by atoms with Crippen molar-refractivity contribution in [3.05, 3.63) is 101 Å². The molecule has 0 spiro atoms. The molecule has 194 valence electrons. The number of carbonyl (C=O) groups is 1. The highest BCUT2D eigenvalue weighted by atomic mass is 32.2. The van der Waals surface area contributed by atoms with E-state index in [0.717, 1.165) is 27.4 Å². The second kappa shape index (κ2) is 12.4. The topological polar surface area (TPSA) is 113 Å². The van der Waals surface area contributed by atoms with Crippen molar-refractivity contribution >= 4 is 29.0 Å². The number of amides is 1. The molecule has 0 unspecified atom stereocenters. The van der Waals surface area contributed by atoms with Crippen LogP contribution >= 0.6 is 23.1 Å². The molecule has 11 heteroatoms. The van der Waals surface area contributed by atoms with Crippen molar-refractivity contribution in [3.63, 3.8) is 0 Å². The molecule has 9 nitrogen and oxygen atoms in total. The second-order valence-electron chi connectivity index (χ2n) is 8.63. The van der Waals surface area contributed by atoms with Crippen molar-refractivity contribution in [2.75, 3.05) is 6.54 Å². The minimum Gasteiger partial charge on any atom is -0.332 e. The molecular formula is C28H24N8OS2. The van der Waals surface area contributed by atoms with E-state index in [-0.39, 0.29) is 12.3 Å². The molecule has 0 aliphatic carbocycles. The van der Waals surface area contributed by atoms with Crippen LogP contribution in [0.2, 0.25) is 0 Å². The van der Waals surface area contributed by atoms with Gasteiger partial charge in [0, 0.05) is 54.5 Å². The number of nitrogens with zero attached hydrogens (tertiary/aromatic N) is 8. The van der Waals surface area contributed by atoms with Gasteiger partial charge in [0.25, 0.3) is 5.91 Å². The Kier molecular flexibility index (Phi) is 8.36. The number of aromatic nitrogens is 6. The van der Waals surface area contributed by atoms with E-state index in [9.17, 15) is 4.79 Å². The summed E-state index contributed by atoms with van der Waals surface area (Å²) in [6, 6.07) is 17.9. The number of aryl methyl sites for hydroxylation is 1. The highest BCUT2D eigenvalue weighted by Gasteiger charge is 2.21. The highest BCUT2D eigenvalue weighted by molar-refractivity contribution is 7.98. The maximum absolute atomic E-state index is 13.3. The van der Waals surface area contributed by atoms with Gasteiger partial charge in [0.05, 0.1) is 18.2 Å². The summed E-state index contributed by atoms with van der Waals surface area (Å²) in [7, 11) is 0. The molecule has 0 fully saturated rings. The fraction of sp³-hybridized carbons (Fsp3) is 0.179. The zero-order valence-corrected chi connectivity index (χ0v) is 22.8. The summed E-state index contributed by atoms with van der Waals surface area (Å²) < 4.78 is 2.01. The number of thiazole rings is 1. The van der Waals surface area contributed by atoms with Crippen molar-refractivity contribution in [1.82, 2.24) is 34.6 Å². The van der Waals surface area contributed by atoms with Gasteiger partial charge in [-0.3, -0.25) is 19.3 Å². The number of rotatable bonds is 10. The van der Waals surface area contributed by atoms with Gasteiger partial charge >= 0.3 is 0 Å². The molecule has 4 aromatic heterocycles. The molecule has 1 amide bonds. The van der Waals surface area contributed by atoms with Gasteiger partial charge < -0.3 is 4.90 Å². The molecule has 5 rings (SSSR count). The fourth-order valence-corrected chi connectivity index (χ4v) is 5.62. The van der Waals surface area contributed by atoms with Crippen LogP contribution in [0.25, 0.3) is 17.1 Å². The van der Waals surface area contributed by atoms with Crippen molar-refractivity contribution in [1.29, 1.82) is 5.26 Å². The third kappa shape index (κ3) is 6.37. The van der Waals surface area contributed by atoms with Gasteiger partial charge in [-0.1, -0.05) is 35.5 Å². The lowest BCUT2D eigenvalue weighted by Crippen LogP contribution is -2.31. The Hall–Kier alpha value is -4.40. The van der Waals surface area contributed by atoms with E-state index < -0.39 is 0 Å². The number of hydrogen-bond acceptors (Lipinski definition) is 9. The van der Waals surface area contributed by atoms with E-state index >= 15 is 0 Å². The van der Waals surface area contributed by atoms with Crippen LogP contribution in [0.3, 0.4) is 0 Å². The number of nitriles is 1. The van der Waals surface area contributed by atoms with Crippen molar-refractivity contribution in [2.24, 2.45) is 0 Å². The summed E-state index contributed by atoms with van der Waals surface area (Å²) in [4.78, 5) is 27.9. The highest BCUT2D eigenvalue weighted by Crippen LogP contribution is 2.30. The maximum Gasteiger partial charge on any atom is 0.273 e. The number of carbonyl (C=O) groups excluding carboxylic acids is 1. The van der Waals surface area contributed by atoms with Crippen molar-refractivity contribution in [2.45, 2.75) is 30.8 Å². The SMILES string of the molecule is Cc1ccc(-n2c(SCc3nc(C(=O)N(CCC#N)Cc4cccnc4)cs3)nnc2-c2cccnc2)cc1. The van der Waals surface area contributed by atoms with Crippen LogP contribution < -0.4 is 0 Å². The molecule has 5 aromatic rings. The van der Waals surface area contributed by atoms with E-state index in [1.807, 2.05) is 47.9 Å². The van der Waals surface area contributed by atoms with E-state index in [1.54, 1.807) is 35.1 Å². The van der Waals surface area contributed by atoms with E-state index in [0.29, 0.717) is 35.5 Å². The third-order valence-corrected chi connectivity index (χ3v) is 7.79. The van der Waals surface area contributed by atoms with Gasteiger partial charge in [-0.2, -0.15) is 5.26 Å². The van der Waals surface area contributed by atoms with E-state index in [1.165, 1.54) is 23.1 Å². The van der Waals surface area contributed by atoms with Crippen LogP contribution in [0, 0.1) is 18.3 Å². The predicted molar refractivity (Wildman–Crippen MR) is 150 cm³/mol. The van der Waals surface area contributed by atoms with Crippen LogP contribution in [-0.2, 0) is 12.3 Å².